The molecule has 4 heteroatoms. The number of nitrogens with zero attached hydrogens (tertiary/aromatic N) is 2. The van der Waals surface area contributed by atoms with Crippen LogP contribution in [0.3, 0.4) is 0 Å². The van der Waals surface area contributed by atoms with Crippen LogP contribution < -0.4 is 5.32 Å². The van der Waals surface area contributed by atoms with Crippen LogP contribution in [-0.4, -0.2) is 15.8 Å². The van der Waals surface area contributed by atoms with Gasteiger partial charge in [0.25, 0.3) is 0 Å². The third-order valence-corrected chi connectivity index (χ3v) is 1.84. The maximum absolute atomic E-state index is 4.15. The van der Waals surface area contributed by atoms with Gasteiger partial charge < -0.3 is 5.32 Å². The minimum absolute atomic E-state index is 0.459. The quantitative estimate of drug-likeness (QED) is 0.710. The van der Waals surface area contributed by atoms with Crippen LogP contribution in [-0.2, 0) is 0 Å². The van der Waals surface area contributed by atoms with Gasteiger partial charge in [-0.15, -0.1) is 0 Å². The number of hydrogen-bond donors (Lipinski definition) is 1. The molecule has 0 aliphatic carbocycles. The molecule has 1 rings (SSSR count). The van der Waals surface area contributed by atoms with Gasteiger partial charge in [0.15, 0.2) is 5.82 Å². The van der Waals surface area contributed by atoms with Gasteiger partial charge in [0, 0.05) is 13.0 Å². The molecule has 0 saturated carbocycles. The van der Waals surface area contributed by atoms with Gasteiger partial charge in [-0.2, -0.15) is 8.75 Å². The zero-order chi connectivity index (χ0) is 7.56. The van der Waals surface area contributed by atoms with Crippen LogP contribution in [0, 0.1) is 0 Å². The topological polar surface area (TPSA) is 37.8 Å². The minimum Gasteiger partial charge on any atom is -0.371 e. The smallest absolute Gasteiger partial charge is 0.163 e. The number of hydrogen-bond acceptors (Lipinski definition) is 4. The number of rotatable bonds is 2. The highest BCUT2D eigenvalue weighted by Gasteiger charge is 2.08. The molecular weight excluding hydrogens is 146 g/mol. The molecule has 56 valence electrons. The number of nitrogens with one attached hydrogen (secondary N) is 1. The van der Waals surface area contributed by atoms with E-state index in [1.807, 2.05) is 7.05 Å². The van der Waals surface area contributed by atoms with Gasteiger partial charge in [0.2, 0.25) is 0 Å². The minimum atomic E-state index is 0.459. The summed E-state index contributed by atoms with van der Waals surface area (Å²) in [5, 5.41) is 2.99. The lowest BCUT2D eigenvalue weighted by Crippen LogP contribution is -1.95. The summed E-state index contributed by atoms with van der Waals surface area (Å²) in [5.41, 5.74) is 1.06. The Labute approximate surface area is 64.8 Å². The van der Waals surface area contributed by atoms with Gasteiger partial charge in [0.05, 0.1) is 11.7 Å². The molecule has 0 amide bonds. The standard InChI is InChI=1S/C6H11N3S/c1-4(2)5-6(7-3)9-10-8-5/h4H,1-3H3,(H,7,9). The zero-order valence-electron chi connectivity index (χ0n) is 6.38. The molecule has 0 unspecified atom stereocenters. The lowest BCUT2D eigenvalue weighted by atomic mass is 10.1. The first-order valence-electron chi connectivity index (χ1n) is 3.26. The molecule has 3 nitrogen and oxygen atoms in total. The lowest BCUT2D eigenvalue weighted by molar-refractivity contribution is 0.840. The van der Waals surface area contributed by atoms with Crippen molar-refractivity contribution in [3.05, 3.63) is 5.69 Å². The molecule has 0 bridgehead atoms. The average Bonchev–Trinajstić information content (AvgIpc) is 2.33. The third-order valence-electron chi connectivity index (χ3n) is 1.30. The molecule has 0 atom stereocenters. The molecule has 0 spiro atoms. The maximum Gasteiger partial charge on any atom is 0.163 e. The molecule has 1 aromatic heterocycles. The Morgan fingerprint density at radius 1 is 1.40 bits per heavy atom. The Morgan fingerprint density at radius 3 is 2.50 bits per heavy atom. The summed E-state index contributed by atoms with van der Waals surface area (Å²) >= 11 is 1.26. The van der Waals surface area contributed by atoms with Crippen LogP contribution in [0.1, 0.15) is 25.5 Å². The molecule has 0 aliphatic heterocycles. The third kappa shape index (κ3) is 1.26. The van der Waals surface area contributed by atoms with Crippen molar-refractivity contribution in [2.45, 2.75) is 19.8 Å². The molecule has 0 aliphatic rings. The van der Waals surface area contributed by atoms with Gasteiger partial charge in [-0.05, 0) is 0 Å². The predicted octanol–water partition coefficient (Wildman–Crippen LogP) is 1.70. The van der Waals surface area contributed by atoms with E-state index in [1.54, 1.807) is 0 Å². The maximum atomic E-state index is 4.15. The number of aromatic nitrogens is 2. The monoisotopic (exact) mass is 157 g/mol. The van der Waals surface area contributed by atoms with Crippen LogP contribution in [0.15, 0.2) is 0 Å². The molecule has 1 aromatic rings. The second-order valence-corrected chi connectivity index (χ2v) is 2.93. The van der Waals surface area contributed by atoms with Crippen molar-refractivity contribution in [3.63, 3.8) is 0 Å². The van der Waals surface area contributed by atoms with E-state index in [0.717, 1.165) is 11.5 Å². The summed E-state index contributed by atoms with van der Waals surface area (Å²) in [4.78, 5) is 0. The molecule has 0 aromatic carbocycles. The van der Waals surface area contributed by atoms with E-state index < -0.39 is 0 Å². The van der Waals surface area contributed by atoms with Crippen LogP contribution in [0.25, 0.3) is 0 Å². The van der Waals surface area contributed by atoms with Gasteiger partial charge in [-0.25, -0.2) is 0 Å². The van der Waals surface area contributed by atoms with Crippen molar-refractivity contribution in [2.24, 2.45) is 0 Å². The Morgan fingerprint density at radius 2 is 2.10 bits per heavy atom. The summed E-state index contributed by atoms with van der Waals surface area (Å²) in [6, 6.07) is 0. The highest BCUT2D eigenvalue weighted by molar-refractivity contribution is 6.99. The van der Waals surface area contributed by atoms with Crippen molar-refractivity contribution in [1.29, 1.82) is 0 Å². The van der Waals surface area contributed by atoms with Crippen LogP contribution in [0.5, 0.6) is 0 Å². The van der Waals surface area contributed by atoms with E-state index in [4.69, 9.17) is 0 Å². The van der Waals surface area contributed by atoms with Gasteiger partial charge >= 0.3 is 0 Å². The van der Waals surface area contributed by atoms with Crippen molar-refractivity contribution >= 4 is 17.5 Å². The summed E-state index contributed by atoms with van der Waals surface area (Å²) in [7, 11) is 1.86. The van der Waals surface area contributed by atoms with Crippen LogP contribution in [0.2, 0.25) is 0 Å². The van der Waals surface area contributed by atoms with Crippen LogP contribution in [0.4, 0.5) is 5.82 Å². The van der Waals surface area contributed by atoms with E-state index in [9.17, 15) is 0 Å². The second kappa shape index (κ2) is 2.96. The Kier molecular flexibility index (Phi) is 2.21. The Hall–Kier alpha value is -0.640. The second-order valence-electron chi connectivity index (χ2n) is 2.40. The Balaban J connectivity index is 2.90. The summed E-state index contributed by atoms with van der Waals surface area (Å²) in [5.74, 6) is 1.38. The normalized spacial score (nSPS) is 10.4. The molecule has 0 saturated heterocycles. The van der Waals surface area contributed by atoms with E-state index >= 15 is 0 Å². The summed E-state index contributed by atoms with van der Waals surface area (Å²) in [6.07, 6.45) is 0. The van der Waals surface area contributed by atoms with Crippen molar-refractivity contribution < 1.29 is 0 Å². The van der Waals surface area contributed by atoms with Crippen molar-refractivity contribution in [3.8, 4) is 0 Å². The number of anilines is 1. The van der Waals surface area contributed by atoms with Crippen molar-refractivity contribution in [2.75, 3.05) is 12.4 Å². The first-order valence-corrected chi connectivity index (χ1v) is 3.99. The average molecular weight is 157 g/mol. The fourth-order valence-corrected chi connectivity index (χ4v) is 1.44. The molecular formula is C6H11N3S. The van der Waals surface area contributed by atoms with E-state index in [1.165, 1.54) is 11.7 Å². The first kappa shape index (κ1) is 7.47. The highest BCUT2D eigenvalue weighted by atomic mass is 32.1. The fourth-order valence-electron chi connectivity index (χ4n) is 0.748. The first-order chi connectivity index (χ1) is 4.75. The fraction of sp³-hybridized carbons (Fsp3) is 0.667. The van der Waals surface area contributed by atoms with Crippen LogP contribution >= 0.6 is 11.7 Å². The molecule has 0 fully saturated rings. The molecule has 1 heterocycles. The SMILES string of the molecule is CNc1nsnc1C(C)C. The Bertz CT molecular complexity index is 207. The molecule has 0 radical (unpaired) electrons. The summed E-state index contributed by atoms with van der Waals surface area (Å²) in [6.45, 7) is 4.22. The summed E-state index contributed by atoms with van der Waals surface area (Å²) < 4.78 is 8.23. The molecule has 10 heavy (non-hydrogen) atoms. The lowest BCUT2D eigenvalue weighted by Gasteiger charge is -2.00. The molecule has 1 N–H and O–H groups in total. The predicted molar refractivity (Wildman–Crippen MR) is 43.5 cm³/mol. The van der Waals surface area contributed by atoms with E-state index in [0.29, 0.717) is 5.92 Å². The van der Waals surface area contributed by atoms with Gasteiger partial charge in [0.1, 0.15) is 5.69 Å². The van der Waals surface area contributed by atoms with E-state index in [-0.39, 0.29) is 0 Å². The zero-order valence-corrected chi connectivity index (χ0v) is 7.20. The van der Waals surface area contributed by atoms with Gasteiger partial charge in [-0.3, -0.25) is 0 Å². The van der Waals surface area contributed by atoms with E-state index in [2.05, 4.69) is 27.9 Å². The largest absolute Gasteiger partial charge is 0.371 e. The van der Waals surface area contributed by atoms with Crippen molar-refractivity contribution in [1.82, 2.24) is 8.75 Å². The van der Waals surface area contributed by atoms with Gasteiger partial charge in [-0.1, -0.05) is 13.8 Å². The highest BCUT2D eigenvalue weighted by Crippen LogP contribution is 2.20.